The number of nitrogens with two attached hydrogens (primary N) is 7. The molecule has 0 aliphatic carbocycles. The van der Waals surface area contributed by atoms with E-state index in [2.05, 4.69) is 41.4 Å². The SMILES string of the molecule is Cc1nc(N)nc(N)n1.NC(N)=O.Nc1nc(N)nc(N)n1. The molecule has 0 bridgehead atoms. The molecule has 0 atom stereocenters. The molecule has 0 radical (unpaired) electrons. The number of urea groups is 1. The maximum atomic E-state index is 9.00. The van der Waals surface area contributed by atoms with Crippen LogP contribution in [0.15, 0.2) is 0 Å². The highest BCUT2D eigenvalue weighted by molar-refractivity contribution is 5.69. The number of nitrogens with zero attached hydrogens (tertiary/aromatic N) is 6. The molecule has 0 aromatic carbocycles. The maximum Gasteiger partial charge on any atom is 0.309 e. The Morgan fingerprint density at radius 1 is 0.636 bits per heavy atom. The van der Waals surface area contributed by atoms with Crippen molar-refractivity contribution in [1.29, 1.82) is 0 Å². The fourth-order valence-electron chi connectivity index (χ4n) is 0.951. The first-order valence-corrected chi connectivity index (χ1v) is 5.41. The highest BCUT2D eigenvalue weighted by atomic mass is 16.2. The van der Waals surface area contributed by atoms with E-state index in [0.29, 0.717) is 5.82 Å². The number of aromatic nitrogens is 6. The molecule has 2 aromatic heterocycles. The van der Waals surface area contributed by atoms with Crippen LogP contribution >= 0.6 is 0 Å². The number of hydrogen-bond acceptors (Lipinski definition) is 12. The van der Waals surface area contributed by atoms with E-state index in [-0.39, 0.29) is 29.7 Å². The molecule has 2 heterocycles. The monoisotopic (exact) mass is 311 g/mol. The molecule has 22 heavy (non-hydrogen) atoms. The van der Waals surface area contributed by atoms with E-state index in [4.69, 9.17) is 33.5 Å². The lowest BCUT2D eigenvalue weighted by Gasteiger charge is -1.93. The molecule has 120 valence electrons. The highest BCUT2D eigenvalue weighted by Crippen LogP contribution is 1.97. The van der Waals surface area contributed by atoms with Crippen molar-refractivity contribution in [3.8, 4) is 0 Å². The van der Waals surface area contributed by atoms with Gasteiger partial charge in [0.15, 0.2) is 0 Å². The number of carbonyl (C=O) groups is 1. The number of rotatable bonds is 0. The van der Waals surface area contributed by atoms with Crippen molar-refractivity contribution in [3.05, 3.63) is 5.82 Å². The van der Waals surface area contributed by atoms with Gasteiger partial charge in [-0.1, -0.05) is 0 Å². The van der Waals surface area contributed by atoms with Crippen LogP contribution in [-0.2, 0) is 0 Å². The van der Waals surface area contributed by atoms with Gasteiger partial charge in [0, 0.05) is 0 Å². The Morgan fingerprint density at radius 3 is 1.00 bits per heavy atom. The molecule has 0 aliphatic heterocycles. The topological polar surface area (TPSA) is 277 Å². The van der Waals surface area contributed by atoms with Crippen LogP contribution in [0.1, 0.15) is 5.82 Å². The lowest BCUT2D eigenvalue weighted by Crippen LogP contribution is -2.18. The normalized spacial score (nSPS) is 8.77. The zero-order valence-corrected chi connectivity index (χ0v) is 11.6. The van der Waals surface area contributed by atoms with Gasteiger partial charge in [-0.3, -0.25) is 0 Å². The number of aryl methyl sites for hydroxylation is 1. The summed E-state index contributed by atoms with van der Waals surface area (Å²) in [6.45, 7) is 1.70. The van der Waals surface area contributed by atoms with Crippen molar-refractivity contribution in [2.45, 2.75) is 6.92 Å². The third-order valence-corrected chi connectivity index (χ3v) is 1.47. The Labute approximate surface area is 124 Å². The quantitative estimate of drug-likeness (QED) is 0.256. The van der Waals surface area contributed by atoms with Gasteiger partial charge in [0.05, 0.1) is 0 Å². The Kier molecular flexibility index (Phi) is 7.03. The van der Waals surface area contributed by atoms with E-state index in [1.807, 2.05) is 0 Å². The Balaban J connectivity index is 0.000000326. The van der Waals surface area contributed by atoms with Crippen molar-refractivity contribution in [2.24, 2.45) is 11.5 Å². The summed E-state index contributed by atoms with van der Waals surface area (Å²) in [6.07, 6.45) is 0. The van der Waals surface area contributed by atoms with Crippen LogP contribution in [-0.4, -0.2) is 35.9 Å². The van der Waals surface area contributed by atoms with Crippen LogP contribution in [0.2, 0.25) is 0 Å². The van der Waals surface area contributed by atoms with Crippen LogP contribution in [0.5, 0.6) is 0 Å². The van der Waals surface area contributed by atoms with Crippen LogP contribution in [0, 0.1) is 6.92 Å². The second-order valence-electron chi connectivity index (χ2n) is 3.41. The van der Waals surface area contributed by atoms with Crippen molar-refractivity contribution < 1.29 is 4.79 Å². The van der Waals surface area contributed by atoms with Gasteiger partial charge in [0.1, 0.15) is 5.82 Å². The van der Waals surface area contributed by atoms with Gasteiger partial charge in [-0.2, -0.15) is 29.9 Å². The van der Waals surface area contributed by atoms with Crippen LogP contribution < -0.4 is 40.1 Å². The summed E-state index contributed by atoms with van der Waals surface area (Å²) < 4.78 is 0. The van der Waals surface area contributed by atoms with Crippen LogP contribution in [0.3, 0.4) is 0 Å². The molecule has 0 saturated heterocycles. The lowest BCUT2D eigenvalue weighted by molar-refractivity contribution is 0.256. The molecule has 0 aliphatic rings. The minimum Gasteiger partial charge on any atom is -0.368 e. The molecule has 0 fully saturated rings. The van der Waals surface area contributed by atoms with Crippen molar-refractivity contribution in [3.63, 3.8) is 0 Å². The fourth-order valence-corrected chi connectivity index (χ4v) is 0.951. The van der Waals surface area contributed by atoms with Crippen LogP contribution in [0.25, 0.3) is 0 Å². The van der Waals surface area contributed by atoms with Gasteiger partial charge in [-0.25, -0.2) is 4.79 Å². The van der Waals surface area contributed by atoms with Crippen molar-refractivity contribution >= 4 is 35.8 Å². The summed E-state index contributed by atoms with van der Waals surface area (Å²) in [7, 11) is 0. The van der Waals surface area contributed by atoms with Crippen molar-refractivity contribution in [2.75, 3.05) is 28.7 Å². The molecule has 0 unspecified atom stereocenters. The van der Waals surface area contributed by atoms with Gasteiger partial charge in [-0.05, 0) is 6.92 Å². The maximum absolute atomic E-state index is 9.00. The third kappa shape index (κ3) is 9.25. The summed E-state index contributed by atoms with van der Waals surface area (Å²) in [4.78, 5) is 30.5. The Bertz CT molecular complexity index is 475. The molecular weight excluding hydrogens is 294 g/mol. The van der Waals surface area contributed by atoms with Gasteiger partial charge in [0.25, 0.3) is 0 Å². The highest BCUT2D eigenvalue weighted by Gasteiger charge is 1.94. The number of anilines is 5. The molecule has 2 rings (SSSR count). The summed E-state index contributed by atoms with van der Waals surface area (Å²) in [5.74, 6) is 1.00. The zero-order valence-electron chi connectivity index (χ0n) is 11.6. The first-order chi connectivity index (χ1) is 10.1. The Morgan fingerprint density at radius 2 is 0.818 bits per heavy atom. The average molecular weight is 311 g/mol. The van der Waals surface area contributed by atoms with E-state index in [9.17, 15) is 0 Å². The lowest BCUT2D eigenvalue weighted by atomic mass is 10.7. The largest absolute Gasteiger partial charge is 0.368 e. The first-order valence-electron chi connectivity index (χ1n) is 5.41. The first kappa shape index (κ1) is 18.3. The van der Waals surface area contributed by atoms with E-state index < -0.39 is 6.03 Å². The molecule has 14 nitrogen and oxygen atoms in total. The summed E-state index contributed by atoms with van der Waals surface area (Å²) >= 11 is 0. The Hall–Kier alpha value is -3.71. The summed E-state index contributed by atoms with van der Waals surface area (Å²) in [5, 5.41) is 0. The average Bonchev–Trinajstić information content (AvgIpc) is 2.23. The minimum absolute atomic E-state index is 0.0417. The molecule has 2 amide bonds. The predicted molar refractivity (Wildman–Crippen MR) is 80.2 cm³/mol. The molecule has 0 saturated carbocycles. The number of amides is 2. The number of nitrogen functional groups attached to an aromatic ring is 5. The van der Waals surface area contributed by atoms with Crippen LogP contribution in [0.4, 0.5) is 34.5 Å². The number of primary amides is 2. The molecule has 14 N–H and O–H groups in total. The van der Waals surface area contributed by atoms with Crippen molar-refractivity contribution in [1.82, 2.24) is 29.9 Å². The molecular formula is C8H17N13O. The second-order valence-corrected chi connectivity index (χ2v) is 3.41. The summed E-state index contributed by atoms with van der Waals surface area (Å²) in [6, 6.07) is -0.833. The third-order valence-electron chi connectivity index (χ3n) is 1.47. The predicted octanol–water partition coefficient (Wildman–Crippen LogP) is -3.01. The molecule has 0 spiro atoms. The minimum atomic E-state index is -0.833. The van der Waals surface area contributed by atoms with Gasteiger partial charge in [-0.15, -0.1) is 0 Å². The second kappa shape index (κ2) is 8.46. The number of carbonyl (C=O) groups excluding carboxylic acids is 1. The van der Waals surface area contributed by atoms with Gasteiger partial charge < -0.3 is 40.1 Å². The molecule has 2 aromatic rings. The summed E-state index contributed by atoms with van der Waals surface area (Å²) in [5.41, 5.74) is 34.3. The number of hydrogen-bond donors (Lipinski definition) is 7. The zero-order chi connectivity index (χ0) is 17.3. The van der Waals surface area contributed by atoms with Gasteiger partial charge >= 0.3 is 6.03 Å². The van der Waals surface area contributed by atoms with Gasteiger partial charge in [0.2, 0.25) is 29.7 Å². The molecule has 14 heteroatoms. The standard InChI is InChI=1S/C4H7N5.C3H6N6.CH4N2O/c1-2-7-3(5)9-4(6)8-2;4-1-7-2(5)9-3(6)8-1;2-1(3)4/h1H3,(H4,5,6,7,8,9);(H6,4,5,6,7,8,9);(H4,2,3,4). The van der Waals surface area contributed by atoms with E-state index in [0.717, 1.165) is 0 Å². The smallest absolute Gasteiger partial charge is 0.309 e. The van der Waals surface area contributed by atoms with E-state index in [1.165, 1.54) is 0 Å². The van der Waals surface area contributed by atoms with E-state index >= 15 is 0 Å². The van der Waals surface area contributed by atoms with E-state index in [1.54, 1.807) is 6.92 Å². The fraction of sp³-hybridized carbons (Fsp3) is 0.125.